The Bertz CT molecular complexity index is 547. The van der Waals surface area contributed by atoms with Crippen LogP contribution in [0.25, 0.3) is 0 Å². The highest BCUT2D eigenvalue weighted by Crippen LogP contribution is 2.33. The van der Waals surface area contributed by atoms with Gasteiger partial charge >= 0.3 is 0 Å². The Labute approximate surface area is 111 Å². The van der Waals surface area contributed by atoms with Gasteiger partial charge in [0.05, 0.1) is 4.88 Å². The minimum atomic E-state index is 0.694. The Kier molecular flexibility index (Phi) is 3.24. The average molecular weight is 257 g/mol. The molecule has 1 atom stereocenters. The lowest BCUT2D eigenvalue weighted by molar-refractivity contribution is 0.112. The summed E-state index contributed by atoms with van der Waals surface area (Å²) >= 11 is 1.67. The predicted molar refractivity (Wildman–Crippen MR) is 73.2 cm³/mol. The molecule has 0 amide bonds. The van der Waals surface area contributed by atoms with Crippen molar-refractivity contribution in [2.24, 2.45) is 5.92 Å². The molecule has 18 heavy (non-hydrogen) atoms. The van der Waals surface area contributed by atoms with Crippen LogP contribution < -0.4 is 0 Å². The van der Waals surface area contributed by atoms with Gasteiger partial charge in [0, 0.05) is 17.3 Å². The van der Waals surface area contributed by atoms with E-state index in [0.717, 1.165) is 30.4 Å². The molecule has 92 valence electrons. The first-order chi connectivity index (χ1) is 8.85. The third kappa shape index (κ3) is 2.36. The Hall–Kier alpha value is -1.48. The maximum atomic E-state index is 10.8. The number of aryl methyl sites for hydroxylation is 1. The first kappa shape index (κ1) is 11.6. The van der Waals surface area contributed by atoms with Crippen LogP contribution in [0.3, 0.4) is 0 Å². The summed E-state index contributed by atoms with van der Waals surface area (Å²) in [6.45, 7) is 0. The van der Waals surface area contributed by atoms with Crippen molar-refractivity contribution < 1.29 is 4.79 Å². The standard InChI is InChI=1S/C15H15NOS/c17-10-14-8-13-4-3-11(7-15(13)18-14)6-12-2-1-5-16-9-12/h1-2,5,8-11H,3-4,6-7H2. The molecule has 1 aliphatic rings. The van der Waals surface area contributed by atoms with E-state index in [0.29, 0.717) is 5.92 Å². The van der Waals surface area contributed by atoms with Gasteiger partial charge in [-0.05, 0) is 54.9 Å². The van der Waals surface area contributed by atoms with Crippen LogP contribution in [0.4, 0.5) is 0 Å². The number of aromatic nitrogens is 1. The summed E-state index contributed by atoms with van der Waals surface area (Å²) in [5.41, 5.74) is 2.71. The maximum Gasteiger partial charge on any atom is 0.160 e. The van der Waals surface area contributed by atoms with Gasteiger partial charge in [0.15, 0.2) is 6.29 Å². The minimum absolute atomic E-state index is 0.694. The van der Waals surface area contributed by atoms with Crippen molar-refractivity contribution in [1.82, 2.24) is 4.98 Å². The van der Waals surface area contributed by atoms with Crippen molar-refractivity contribution >= 4 is 17.6 Å². The molecule has 2 heterocycles. The summed E-state index contributed by atoms with van der Waals surface area (Å²) in [6, 6.07) is 6.21. The van der Waals surface area contributed by atoms with Crippen molar-refractivity contribution in [3.05, 3.63) is 51.5 Å². The van der Waals surface area contributed by atoms with E-state index in [9.17, 15) is 4.79 Å². The number of pyridine rings is 1. The Morgan fingerprint density at radius 1 is 1.50 bits per heavy atom. The molecule has 3 heteroatoms. The van der Waals surface area contributed by atoms with E-state index in [1.54, 1.807) is 11.3 Å². The van der Waals surface area contributed by atoms with Crippen LogP contribution >= 0.6 is 11.3 Å². The topological polar surface area (TPSA) is 30.0 Å². The van der Waals surface area contributed by atoms with Crippen molar-refractivity contribution in [2.45, 2.75) is 25.7 Å². The Balaban J connectivity index is 1.73. The number of aldehydes is 1. The average Bonchev–Trinajstić information content (AvgIpc) is 2.82. The number of rotatable bonds is 3. The third-order valence-corrected chi connectivity index (χ3v) is 4.70. The molecule has 2 aromatic heterocycles. The second-order valence-corrected chi connectivity index (χ2v) is 6.06. The van der Waals surface area contributed by atoms with Crippen LogP contribution in [-0.2, 0) is 19.3 Å². The molecule has 1 aliphatic carbocycles. The zero-order valence-corrected chi connectivity index (χ0v) is 11.0. The monoisotopic (exact) mass is 257 g/mol. The van der Waals surface area contributed by atoms with Crippen LogP contribution in [0.15, 0.2) is 30.6 Å². The molecule has 0 fully saturated rings. The first-order valence-corrected chi connectivity index (χ1v) is 7.12. The molecule has 0 radical (unpaired) electrons. The highest BCUT2D eigenvalue weighted by Gasteiger charge is 2.21. The number of fused-ring (bicyclic) bond motifs is 1. The second-order valence-electron chi connectivity index (χ2n) is 4.89. The largest absolute Gasteiger partial charge is 0.297 e. The van der Waals surface area contributed by atoms with Crippen LogP contribution in [0, 0.1) is 5.92 Å². The van der Waals surface area contributed by atoms with Crippen molar-refractivity contribution in [3.8, 4) is 0 Å². The molecule has 2 aromatic rings. The molecule has 0 bridgehead atoms. The molecule has 0 saturated heterocycles. The van der Waals surface area contributed by atoms with E-state index in [-0.39, 0.29) is 0 Å². The summed E-state index contributed by atoms with van der Waals surface area (Å²) in [6.07, 6.45) is 9.30. The SMILES string of the molecule is O=Cc1cc2c(s1)CC(Cc1cccnc1)CC2. The van der Waals surface area contributed by atoms with Gasteiger partial charge in [0.25, 0.3) is 0 Å². The van der Waals surface area contributed by atoms with Crippen molar-refractivity contribution in [3.63, 3.8) is 0 Å². The molecule has 0 N–H and O–H groups in total. The number of thiophene rings is 1. The van der Waals surface area contributed by atoms with Gasteiger partial charge in [0.1, 0.15) is 0 Å². The van der Waals surface area contributed by atoms with Crippen LogP contribution in [0.1, 0.15) is 32.1 Å². The first-order valence-electron chi connectivity index (χ1n) is 6.31. The van der Waals surface area contributed by atoms with Crippen molar-refractivity contribution in [2.75, 3.05) is 0 Å². The fourth-order valence-electron chi connectivity index (χ4n) is 2.68. The molecule has 0 aliphatic heterocycles. The molecule has 0 spiro atoms. The molecular formula is C15H15NOS. The van der Waals surface area contributed by atoms with Gasteiger partial charge in [-0.2, -0.15) is 0 Å². The highest BCUT2D eigenvalue weighted by atomic mass is 32.1. The summed E-state index contributed by atoms with van der Waals surface area (Å²) in [7, 11) is 0. The summed E-state index contributed by atoms with van der Waals surface area (Å²) in [5, 5.41) is 0. The summed E-state index contributed by atoms with van der Waals surface area (Å²) < 4.78 is 0. The number of hydrogen-bond acceptors (Lipinski definition) is 3. The fourth-order valence-corrected chi connectivity index (χ4v) is 3.83. The van der Waals surface area contributed by atoms with Gasteiger partial charge < -0.3 is 0 Å². The van der Waals surface area contributed by atoms with Crippen LogP contribution in [-0.4, -0.2) is 11.3 Å². The molecule has 0 aromatic carbocycles. The number of carbonyl (C=O) groups excluding carboxylic acids is 1. The highest BCUT2D eigenvalue weighted by molar-refractivity contribution is 7.13. The number of carbonyl (C=O) groups is 1. The van der Waals surface area contributed by atoms with Gasteiger partial charge in [-0.25, -0.2) is 0 Å². The van der Waals surface area contributed by atoms with E-state index in [2.05, 4.69) is 17.1 Å². The Morgan fingerprint density at radius 3 is 3.22 bits per heavy atom. The quantitative estimate of drug-likeness (QED) is 0.790. The number of hydrogen-bond donors (Lipinski definition) is 0. The maximum absolute atomic E-state index is 10.8. The minimum Gasteiger partial charge on any atom is -0.297 e. The van der Waals surface area contributed by atoms with E-state index in [1.807, 2.05) is 18.5 Å². The molecular weight excluding hydrogens is 242 g/mol. The molecule has 2 nitrogen and oxygen atoms in total. The smallest absolute Gasteiger partial charge is 0.160 e. The lowest BCUT2D eigenvalue weighted by atomic mass is 9.85. The van der Waals surface area contributed by atoms with E-state index >= 15 is 0 Å². The Morgan fingerprint density at radius 2 is 2.44 bits per heavy atom. The van der Waals surface area contributed by atoms with Gasteiger partial charge in [-0.15, -0.1) is 11.3 Å². The molecule has 3 rings (SSSR count). The van der Waals surface area contributed by atoms with E-state index in [4.69, 9.17) is 0 Å². The second kappa shape index (κ2) is 5.02. The summed E-state index contributed by atoms with van der Waals surface area (Å²) in [5.74, 6) is 0.694. The molecule has 1 unspecified atom stereocenters. The zero-order chi connectivity index (χ0) is 12.4. The van der Waals surface area contributed by atoms with E-state index in [1.165, 1.54) is 22.4 Å². The molecule has 0 saturated carbocycles. The summed E-state index contributed by atoms with van der Waals surface area (Å²) in [4.78, 5) is 17.3. The van der Waals surface area contributed by atoms with Gasteiger partial charge in [-0.1, -0.05) is 6.07 Å². The van der Waals surface area contributed by atoms with Crippen LogP contribution in [0.2, 0.25) is 0 Å². The van der Waals surface area contributed by atoms with Gasteiger partial charge in [0.2, 0.25) is 0 Å². The number of nitrogens with zero attached hydrogens (tertiary/aromatic N) is 1. The lowest BCUT2D eigenvalue weighted by Gasteiger charge is -2.21. The van der Waals surface area contributed by atoms with Crippen LogP contribution in [0.5, 0.6) is 0 Å². The fraction of sp³-hybridized carbons (Fsp3) is 0.333. The third-order valence-electron chi connectivity index (χ3n) is 3.58. The van der Waals surface area contributed by atoms with E-state index < -0.39 is 0 Å². The lowest BCUT2D eigenvalue weighted by Crippen LogP contribution is -2.14. The predicted octanol–water partition coefficient (Wildman–Crippen LogP) is 3.30. The van der Waals surface area contributed by atoms with Crippen molar-refractivity contribution in [1.29, 1.82) is 0 Å². The normalized spacial score (nSPS) is 18.3. The van der Waals surface area contributed by atoms with Gasteiger partial charge in [-0.3, -0.25) is 9.78 Å². The zero-order valence-electron chi connectivity index (χ0n) is 10.1.